The molecular formula is C11H18N4. The second-order valence-corrected chi connectivity index (χ2v) is 3.31. The van der Waals surface area contributed by atoms with E-state index in [4.69, 9.17) is 0 Å². The molecule has 0 spiro atoms. The number of hydrogen-bond donors (Lipinski definition) is 2. The summed E-state index contributed by atoms with van der Waals surface area (Å²) >= 11 is 0. The third-order valence-corrected chi connectivity index (χ3v) is 1.81. The van der Waals surface area contributed by atoms with Crippen molar-refractivity contribution >= 4 is 11.8 Å². The van der Waals surface area contributed by atoms with Crippen molar-refractivity contribution in [2.75, 3.05) is 23.7 Å². The number of hydrogen-bond acceptors (Lipinski definition) is 4. The van der Waals surface area contributed by atoms with Crippen LogP contribution in [-0.4, -0.2) is 23.1 Å². The molecule has 1 rings (SSSR count). The maximum Gasteiger partial charge on any atom is 0.225 e. The molecule has 0 aliphatic rings. The van der Waals surface area contributed by atoms with E-state index in [-0.39, 0.29) is 0 Å². The normalized spacial score (nSPS) is 9.73. The number of nitrogens with one attached hydrogen (secondary N) is 2. The molecule has 2 N–H and O–H groups in total. The average molecular weight is 206 g/mol. The number of rotatable bonds is 6. The first-order chi connectivity index (χ1) is 7.26. The van der Waals surface area contributed by atoms with Crippen LogP contribution in [0.2, 0.25) is 0 Å². The highest BCUT2D eigenvalue weighted by Crippen LogP contribution is 2.09. The van der Waals surface area contributed by atoms with Crippen LogP contribution in [0, 0.1) is 6.92 Å². The summed E-state index contributed by atoms with van der Waals surface area (Å²) in [5.41, 5.74) is 0.954. The lowest BCUT2D eigenvalue weighted by Crippen LogP contribution is -2.08. The van der Waals surface area contributed by atoms with Crippen LogP contribution in [0.25, 0.3) is 0 Å². The Bertz CT molecular complexity index is 322. The quantitative estimate of drug-likeness (QED) is 0.701. The van der Waals surface area contributed by atoms with E-state index in [9.17, 15) is 0 Å². The summed E-state index contributed by atoms with van der Waals surface area (Å²) in [6.07, 6.45) is 2.86. The van der Waals surface area contributed by atoms with Crippen molar-refractivity contribution in [3.05, 3.63) is 24.4 Å². The molecule has 4 nitrogen and oxygen atoms in total. The SMILES string of the molecule is C=CCNc1nc(C)cc(NCCC)n1. The Morgan fingerprint density at radius 1 is 1.40 bits per heavy atom. The maximum absolute atomic E-state index is 4.33. The van der Waals surface area contributed by atoms with Crippen LogP contribution in [0.3, 0.4) is 0 Å². The molecule has 1 aromatic heterocycles. The van der Waals surface area contributed by atoms with Crippen LogP contribution < -0.4 is 10.6 Å². The van der Waals surface area contributed by atoms with Gasteiger partial charge in [-0.05, 0) is 13.3 Å². The molecule has 0 atom stereocenters. The molecule has 0 aromatic carbocycles. The van der Waals surface area contributed by atoms with Crippen LogP contribution in [0.15, 0.2) is 18.7 Å². The third-order valence-electron chi connectivity index (χ3n) is 1.81. The fourth-order valence-corrected chi connectivity index (χ4v) is 1.15. The van der Waals surface area contributed by atoms with Crippen molar-refractivity contribution in [2.24, 2.45) is 0 Å². The Labute approximate surface area is 90.8 Å². The molecule has 0 fully saturated rings. The highest BCUT2D eigenvalue weighted by molar-refractivity contribution is 5.42. The van der Waals surface area contributed by atoms with E-state index in [0.717, 1.165) is 24.5 Å². The Kier molecular flexibility index (Phi) is 4.60. The third kappa shape index (κ3) is 3.97. The lowest BCUT2D eigenvalue weighted by molar-refractivity contribution is 0.960. The molecule has 0 unspecified atom stereocenters. The van der Waals surface area contributed by atoms with Crippen molar-refractivity contribution in [2.45, 2.75) is 20.3 Å². The van der Waals surface area contributed by atoms with E-state index in [2.05, 4.69) is 34.1 Å². The summed E-state index contributed by atoms with van der Waals surface area (Å²) in [4.78, 5) is 8.60. The van der Waals surface area contributed by atoms with Gasteiger partial charge in [-0.1, -0.05) is 13.0 Å². The second-order valence-electron chi connectivity index (χ2n) is 3.31. The highest BCUT2D eigenvalue weighted by atomic mass is 15.1. The minimum atomic E-state index is 0.647. The van der Waals surface area contributed by atoms with Crippen molar-refractivity contribution < 1.29 is 0 Å². The van der Waals surface area contributed by atoms with Crippen molar-refractivity contribution in [3.63, 3.8) is 0 Å². The summed E-state index contributed by atoms with van der Waals surface area (Å²) in [5, 5.41) is 6.31. The fraction of sp³-hybridized carbons (Fsp3) is 0.455. The summed E-state index contributed by atoms with van der Waals surface area (Å²) in [7, 11) is 0. The molecule has 1 heterocycles. The molecule has 82 valence electrons. The van der Waals surface area contributed by atoms with Gasteiger partial charge in [-0.3, -0.25) is 0 Å². The van der Waals surface area contributed by atoms with Crippen LogP contribution in [-0.2, 0) is 0 Å². The van der Waals surface area contributed by atoms with Crippen LogP contribution in [0.4, 0.5) is 11.8 Å². The Morgan fingerprint density at radius 3 is 2.87 bits per heavy atom. The first kappa shape index (κ1) is 11.5. The van der Waals surface area contributed by atoms with Gasteiger partial charge >= 0.3 is 0 Å². The molecule has 4 heteroatoms. The summed E-state index contributed by atoms with van der Waals surface area (Å²) in [5.74, 6) is 1.52. The van der Waals surface area contributed by atoms with Gasteiger partial charge in [0.25, 0.3) is 0 Å². The van der Waals surface area contributed by atoms with Crippen molar-refractivity contribution in [3.8, 4) is 0 Å². The van der Waals surface area contributed by atoms with E-state index >= 15 is 0 Å². The van der Waals surface area contributed by atoms with Crippen molar-refractivity contribution in [1.29, 1.82) is 0 Å². The zero-order valence-electron chi connectivity index (χ0n) is 9.38. The molecule has 0 radical (unpaired) electrons. The number of anilines is 2. The van der Waals surface area contributed by atoms with E-state index in [1.54, 1.807) is 6.08 Å². The Hall–Kier alpha value is -1.58. The molecule has 0 aliphatic heterocycles. The van der Waals surface area contributed by atoms with Gasteiger partial charge in [-0.25, -0.2) is 4.98 Å². The molecule has 1 aromatic rings. The van der Waals surface area contributed by atoms with Gasteiger partial charge in [-0.15, -0.1) is 6.58 Å². The predicted molar refractivity (Wildman–Crippen MR) is 64.2 cm³/mol. The van der Waals surface area contributed by atoms with E-state index in [0.29, 0.717) is 12.5 Å². The first-order valence-corrected chi connectivity index (χ1v) is 5.20. The van der Waals surface area contributed by atoms with Crippen LogP contribution in [0.1, 0.15) is 19.0 Å². The van der Waals surface area contributed by atoms with Gasteiger partial charge in [-0.2, -0.15) is 4.98 Å². The number of nitrogens with zero attached hydrogens (tertiary/aromatic N) is 2. The minimum absolute atomic E-state index is 0.647. The van der Waals surface area contributed by atoms with Gasteiger partial charge in [0, 0.05) is 24.8 Å². The topological polar surface area (TPSA) is 49.8 Å². The van der Waals surface area contributed by atoms with Gasteiger partial charge in [0.15, 0.2) is 0 Å². The van der Waals surface area contributed by atoms with E-state index < -0.39 is 0 Å². The second kappa shape index (κ2) is 6.01. The van der Waals surface area contributed by atoms with Crippen LogP contribution in [0.5, 0.6) is 0 Å². The number of aromatic nitrogens is 2. The van der Waals surface area contributed by atoms with Crippen molar-refractivity contribution in [1.82, 2.24) is 9.97 Å². The molecule has 0 bridgehead atoms. The lowest BCUT2D eigenvalue weighted by Gasteiger charge is -2.07. The molecule has 15 heavy (non-hydrogen) atoms. The average Bonchev–Trinajstić information content (AvgIpc) is 2.23. The monoisotopic (exact) mass is 206 g/mol. The standard InChI is InChI=1S/C11H18N4/c1-4-6-12-10-8-9(3)14-11(15-10)13-7-5-2/h5,8H,2,4,6-7H2,1,3H3,(H2,12,13,14,15). The zero-order valence-corrected chi connectivity index (χ0v) is 9.38. The predicted octanol–water partition coefficient (Wildman–Crippen LogP) is 2.20. The van der Waals surface area contributed by atoms with E-state index in [1.165, 1.54) is 0 Å². The molecule has 0 saturated carbocycles. The smallest absolute Gasteiger partial charge is 0.225 e. The molecular weight excluding hydrogens is 188 g/mol. The van der Waals surface area contributed by atoms with Gasteiger partial charge in [0.2, 0.25) is 5.95 Å². The highest BCUT2D eigenvalue weighted by Gasteiger charge is 1.99. The molecule has 0 aliphatic carbocycles. The maximum atomic E-state index is 4.33. The fourth-order valence-electron chi connectivity index (χ4n) is 1.15. The van der Waals surface area contributed by atoms with E-state index in [1.807, 2.05) is 13.0 Å². The molecule has 0 saturated heterocycles. The van der Waals surface area contributed by atoms with Gasteiger partial charge in [0.1, 0.15) is 5.82 Å². The Balaban J connectivity index is 2.70. The largest absolute Gasteiger partial charge is 0.370 e. The Morgan fingerprint density at radius 2 is 2.20 bits per heavy atom. The lowest BCUT2D eigenvalue weighted by atomic mass is 10.4. The zero-order chi connectivity index (χ0) is 11.1. The number of aryl methyl sites for hydroxylation is 1. The first-order valence-electron chi connectivity index (χ1n) is 5.20. The summed E-state index contributed by atoms with van der Waals surface area (Å²) in [6, 6.07) is 1.94. The van der Waals surface area contributed by atoms with Crippen LogP contribution >= 0.6 is 0 Å². The summed E-state index contributed by atoms with van der Waals surface area (Å²) < 4.78 is 0. The summed E-state index contributed by atoms with van der Waals surface area (Å²) in [6.45, 7) is 9.32. The minimum Gasteiger partial charge on any atom is -0.370 e. The van der Waals surface area contributed by atoms with Gasteiger partial charge < -0.3 is 10.6 Å². The van der Waals surface area contributed by atoms with Gasteiger partial charge in [0.05, 0.1) is 0 Å². The molecule has 0 amide bonds.